The van der Waals surface area contributed by atoms with Gasteiger partial charge in [-0.2, -0.15) is 5.10 Å². The van der Waals surface area contributed by atoms with Crippen LogP contribution in [0.1, 0.15) is 30.8 Å². The Kier molecular flexibility index (Phi) is 7.34. The van der Waals surface area contributed by atoms with E-state index in [-0.39, 0.29) is 30.9 Å². The first-order chi connectivity index (χ1) is 13.2. The molecular weight excluding hydrogens is 354 g/mol. The van der Waals surface area contributed by atoms with Crippen LogP contribution < -0.4 is 5.32 Å². The number of carbonyl (C=O) groups excluding carboxylic acids is 2. The highest BCUT2D eigenvalue weighted by molar-refractivity contribution is 5.81. The van der Waals surface area contributed by atoms with Crippen molar-refractivity contribution in [1.29, 1.82) is 0 Å². The molecule has 152 valence electrons. The van der Waals surface area contributed by atoms with E-state index in [0.29, 0.717) is 6.54 Å². The summed E-state index contributed by atoms with van der Waals surface area (Å²) in [5.74, 6) is -0.116. The highest BCUT2D eigenvalue weighted by Gasteiger charge is 2.19. The number of benzene rings is 1. The SMILES string of the molecule is Cc1nn(-c2ccccc2)c(C)c1CN(C)C(=O)CN(C)CC(=O)NC(C)C. The normalized spacial score (nSPS) is 11.1. The van der Waals surface area contributed by atoms with E-state index in [2.05, 4.69) is 10.4 Å². The van der Waals surface area contributed by atoms with Gasteiger partial charge < -0.3 is 10.2 Å². The van der Waals surface area contributed by atoms with E-state index in [1.54, 1.807) is 23.9 Å². The topological polar surface area (TPSA) is 70.5 Å². The molecule has 0 saturated heterocycles. The molecule has 0 atom stereocenters. The number of hydrogen-bond donors (Lipinski definition) is 1. The summed E-state index contributed by atoms with van der Waals surface area (Å²) in [6.07, 6.45) is 0. The lowest BCUT2D eigenvalue weighted by molar-refractivity contribution is -0.132. The zero-order valence-corrected chi connectivity index (χ0v) is 17.7. The summed E-state index contributed by atoms with van der Waals surface area (Å²) >= 11 is 0. The molecular formula is C21H31N5O2. The molecule has 0 aliphatic rings. The molecule has 28 heavy (non-hydrogen) atoms. The Morgan fingerprint density at radius 3 is 2.36 bits per heavy atom. The number of likely N-dealkylation sites (N-methyl/N-ethyl adjacent to an activating group) is 2. The van der Waals surface area contributed by atoms with E-state index in [9.17, 15) is 9.59 Å². The van der Waals surface area contributed by atoms with Crippen molar-refractivity contribution in [2.45, 2.75) is 40.3 Å². The van der Waals surface area contributed by atoms with Gasteiger partial charge in [0, 0.05) is 30.9 Å². The number of aryl methyl sites for hydroxylation is 1. The number of amides is 2. The van der Waals surface area contributed by atoms with Gasteiger partial charge in [-0.15, -0.1) is 0 Å². The average molecular weight is 386 g/mol. The molecule has 2 aromatic rings. The van der Waals surface area contributed by atoms with E-state index in [0.717, 1.165) is 22.6 Å². The molecule has 7 nitrogen and oxygen atoms in total. The molecule has 1 N–H and O–H groups in total. The average Bonchev–Trinajstić information content (AvgIpc) is 2.89. The van der Waals surface area contributed by atoms with Gasteiger partial charge >= 0.3 is 0 Å². The lowest BCUT2D eigenvalue weighted by Crippen LogP contribution is -2.42. The fourth-order valence-corrected chi connectivity index (χ4v) is 3.07. The van der Waals surface area contributed by atoms with Gasteiger partial charge in [-0.3, -0.25) is 14.5 Å². The monoisotopic (exact) mass is 385 g/mol. The number of rotatable bonds is 8. The van der Waals surface area contributed by atoms with E-state index < -0.39 is 0 Å². The van der Waals surface area contributed by atoms with Crippen molar-refractivity contribution in [3.05, 3.63) is 47.3 Å². The fourth-order valence-electron chi connectivity index (χ4n) is 3.07. The summed E-state index contributed by atoms with van der Waals surface area (Å²) in [5.41, 5.74) is 3.97. The van der Waals surface area contributed by atoms with Crippen LogP contribution in [0.5, 0.6) is 0 Å². The summed E-state index contributed by atoms with van der Waals surface area (Å²) < 4.78 is 1.91. The van der Waals surface area contributed by atoms with E-state index in [4.69, 9.17) is 0 Å². The van der Waals surface area contributed by atoms with Gasteiger partial charge in [-0.05, 0) is 46.9 Å². The van der Waals surface area contributed by atoms with E-state index >= 15 is 0 Å². The predicted molar refractivity (Wildman–Crippen MR) is 110 cm³/mol. The third kappa shape index (κ3) is 5.66. The summed E-state index contributed by atoms with van der Waals surface area (Å²) in [4.78, 5) is 27.8. The molecule has 0 spiro atoms. The Hall–Kier alpha value is -2.67. The Morgan fingerprint density at radius 1 is 1.11 bits per heavy atom. The summed E-state index contributed by atoms with van der Waals surface area (Å²) in [7, 11) is 3.55. The molecule has 2 rings (SSSR count). The number of nitrogens with one attached hydrogen (secondary N) is 1. The second-order valence-corrected chi connectivity index (χ2v) is 7.54. The first-order valence-corrected chi connectivity index (χ1v) is 9.51. The Labute approximate surface area is 167 Å². The van der Waals surface area contributed by atoms with Gasteiger partial charge in [-0.1, -0.05) is 18.2 Å². The first-order valence-electron chi connectivity index (χ1n) is 9.51. The summed E-state index contributed by atoms with van der Waals surface area (Å²) in [5, 5.41) is 7.47. The molecule has 0 aliphatic carbocycles. The highest BCUT2D eigenvalue weighted by Crippen LogP contribution is 2.19. The number of carbonyl (C=O) groups is 2. The molecule has 0 fully saturated rings. The van der Waals surface area contributed by atoms with E-state index in [1.165, 1.54) is 0 Å². The maximum Gasteiger partial charge on any atom is 0.236 e. The molecule has 1 aromatic heterocycles. The second kappa shape index (κ2) is 9.50. The molecule has 1 aromatic carbocycles. The number of aromatic nitrogens is 2. The third-order valence-electron chi connectivity index (χ3n) is 4.53. The van der Waals surface area contributed by atoms with Crippen LogP contribution in [0.15, 0.2) is 30.3 Å². The maximum absolute atomic E-state index is 12.6. The fraction of sp³-hybridized carbons (Fsp3) is 0.476. The number of nitrogens with zero attached hydrogens (tertiary/aromatic N) is 4. The van der Waals surface area contributed by atoms with Crippen LogP contribution in [-0.4, -0.2) is 64.6 Å². The molecule has 7 heteroatoms. The number of para-hydroxylation sites is 1. The van der Waals surface area contributed by atoms with Crippen LogP contribution in [0.4, 0.5) is 0 Å². The quantitative estimate of drug-likeness (QED) is 0.754. The third-order valence-corrected chi connectivity index (χ3v) is 4.53. The first kappa shape index (κ1) is 21.6. The molecule has 0 saturated carbocycles. The highest BCUT2D eigenvalue weighted by atomic mass is 16.2. The summed E-state index contributed by atoms with van der Waals surface area (Å²) in [6.45, 7) is 8.67. The molecule has 0 aliphatic heterocycles. The smallest absolute Gasteiger partial charge is 0.236 e. The maximum atomic E-state index is 12.6. The Bertz CT molecular complexity index is 814. The van der Waals surface area contributed by atoms with Crippen molar-refractivity contribution in [2.24, 2.45) is 0 Å². The Balaban J connectivity index is 2.00. The minimum atomic E-state index is -0.0798. The van der Waals surface area contributed by atoms with Crippen LogP contribution in [-0.2, 0) is 16.1 Å². The summed E-state index contributed by atoms with van der Waals surface area (Å²) in [6, 6.07) is 10.0. The largest absolute Gasteiger partial charge is 0.353 e. The molecule has 2 amide bonds. The van der Waals surface area contributed by atoms with Crippen molar-refractivity contribution in [1.82, 2.24) is 24.9 Å². The van der Waals surface area contributed by atoms with Crippen molar-refractivity contribution in [3.8, 4) is 5.69 Å². The molecule has 0 radical (unpaired) electrons. The van der Waals surface area contributed by atoms with Crippen LogP contribution in [0, 0.1) is 13.8 Å². The minimum absolute atomic E-state index is 0.0360. The zero-order chi connectivity index (χ0) is 20.8. The van der Waals surface area contributed by atoms with Gasteiger partial charge in [-0.25, -0.2) is 4.68 Å². The van der Waals surface area contributed by atoms with Gasteiger partial charge in [0.1, 0.15) is 0 Å². The predicted octanol–water partition coefficient (Wildman–Crippen LogP) is 1.90. The second-order valence-electron chi connectivity index (χ2n) is 7.54. The van der Waals surface area contributed by atoms with E-state index in [1.807, 2.05) is 62.7 Å². The zero-order valence-electron chi connectivity index (χ0n) is 17.7. The number of hydrogen-bond acceptors (Lipinski definition) is 4. The lowest BCUT2D eigenvalue weighted by atomic mass is 10.2. The Morgan fingerprint density at radius 2 is 1.75 bits per heavy atom. The van der Waals surface area contributed by atoms with Gasteiger partial charge in [0.25, 0.3) is 0 Å². The van der Waals surface area contributed by atoms with Crippen molar-refractivity contribution in [2.75, 3.05) is 27.2 Å². The van der Waals surface area contributed by atoms with Gasteiger partial charge in [0.2, 0.25) is 11.8 Å². The van der Waals surface area contributed by atoms with Crippen molar-refractivity contribution >= 4 is 11.8 Å². The molecule has 1 heterocycles. The van der Waals surface area contributed by atoms with Crippen LogP contribution in [0.25, 0.3) is 5.69 Å². The van der Waals surface area contributed by atoms with Crippen LogP contribution in [0.3, 0.4) is 0 Å². The van der Waals surface area contributed by atoms with Gasteiger partial charge in [0.15, 0.2) is 0 Å². The lowest BCUT2D eigenvalue weighted by Gasteiger charge is -2.22. The molecule has 0 unspecified atom stereocenters. The standard InChI is InChI=1S/C21H31N5O2/c1-15(2)22-20(27)13-24(5)14-21(28)25(6)12-19-16(3)23-26(17(19)4)18-10-8-7-9-11-18/h7-11,15H,12-14H2,1-6H3,(H,22,27). The minimum Gasteiger partial charge on any atom is -0.353 e. The van der Waals surface area contributed by atoms with Crippen LogP contribution >= 0.6 is 0 Å². The van der Waals surface area contributed by atoms with Crippen LogP contribution in [0.2, 0.25) is 0 Å². The van der Waals surface area contributed by atoms with Crippen molar-refractivity contribution < 1.29 is 9.59 Å². The van der Waals surface area contributed by atoms with Crippen molar-refractivity contribution in [3.63, 3.8) is 0 Å². The molecule has 0 bridgehead atoms. The van der Waals surface area contributed by atoms with Gasteiger partial charge in [0.05, 0.1) is 24.5 Å².